The molecule has 8 heteroatoms. The van der Waals surface area contributed by atoms with Gasteiger partial charge in [-0.2, -0.15) is 4.99 Å². The smallest absolute Gasteiger partial charge is 0.229 e. The van der Waals surface area contributed by atoms with Crippen molar-refractivity contribution in [1.29, 1.82) is 0 Å². The van der Waals surface area contributed by atoms with Crippen LogP contribution in [-0.2, 0) is 0 Å². The molecular weight excluding hydrogens is 352 g/mol. The van der Waals surface area contributed by atoms with Gasteiger partial charge in [-0.3, -0.25) is 0 Å². The highest BCUT2D eigenvalue weighted by Gasteiger charge is 2.16. The third kappa shape index (κ3) is 6.39. The predicted molar refractivity (Wildman–Crippen MR) is 112 cm³/mol. The number of nitrogens with zero attached hydrogens (tertiary/aromatic N) is 4. The topological polar surface area (TPSA) is 78.4 Å². The number of aliphatic imine (C=N–C) groups is 3. The number of nitrogens with two attached hydrogens (primary N) is 1. The Morgan fingerprint density at radius 1 is 1.36 bits per heavy atom. The van der Waals surface area contributed by atoms with E-state index in [1.165, 1.54) is 4.88 Å². The van der Waals surface area contributed by atoms with Crippen LogP contribution in [0, 0.1) is 0 Å². The number of hydrogen-bond acceptors (Lipinski definition) is 4. The van der Waals surface area contributed by atoms with E-state index in [1.807, 2.05) is 31.5 Å². The normalized spacial score (nSPS) is 17.2. The lowest BCUT2D eigenvalue weighted by molar-refractivity contribution is 0.513. The van der Waals surface area contributed by atoms with Gasteiger partial charge in [0.1, 0.15) is 5.84 Å². The second kappa shape index (κ2) is 9.43. The highest BCUT2D eigenvalue weighted by Crippen LogP contribution is 2.19. The van der Waals surface area contributed by atoms with E-state index in [1.54, 1.807) is 11.3 Å². The maximum atomic E-state index is 6.00. The van der Waals surface area contributed by atoms with Gasteiger partial charge in [-0.25, -0.2) is 9.98 Å². The molecule has 1 aliphatic heterocycles. The average molecular weight is 377 g/mol. The molecule has 0 saturated carbocycles. The number of allylic oxidation sites excluding steroid dienone is 1. The van der Waals surface area contributed by atoms with Gasteiger partial charge in [0.15, 0.2) is 0 Å². The molecule has 0 radical (unpaired) electrons. The van der Waals surface area contributed by atoms with E-state index < -0.39 is 0 Å². The van der Waals surface area contributed by atoms with E-state index in [0.717, 1.165) is 31.5 Å². The molecular formula is C17H24N6S2. The Kier molecular flexibility index (Phi) is 7.27. The maximum absolute atomic E-state index is 6.00. The fourth-order valence-electron chi connectivity index (χ4n) is 2.31. The third-order valence-corrected chi connectivity index (χ3v) is 4.61. The first-order valence-corrected chi connectivity index (χ1v) is 9.36. The Hall–Kier alpha value is -2.06. The number of hydrogen-bond donors (Lipinski definition) is 3. The minimum absolute atomic E-state index is 0.240. The van der Waals surface area contributed by atoms with Gasteiger partial charge >= 0.3 is 0 Å². The summed E-state index contributed by atoms with van der Waals surface area (Å²) in [6, 6.07) is 4.08. The Morgan fingerprint density at radius 2 is 2.08 bits per heavy atom. The summed E-state index contributed by atoms with van der Waals surface area (Å²) in [5, 5.41) is 5.43. The first-order chi connectivity index (χ1) is 12.0. The van der Waals surface area contributed by atoms with Crippen LogP contribution in [0.2, 0.25) is 0 Å². The minimum atomic E-state index is 0.240. The summed E-state index contributed by atoms with van der Waals surface area (Å²) >= 11 is 5.82. The van der Waals surface area contributed by atoms with E-state index in [2.05, 4.69) is 50.5 Å². The summed E-state index contributed by atoms with van der Waals surface area (Å²) in [6.45, 7) is 9.38. The predicted octanol–water partition coefficient (Wildman–Crippen LogP) is 3.28. The van der Waals surface area contributed by atoms with Crippen molar-refractivity contribution < 1.29 is 0 Å². The Bertz CT molecular complexity index is 710. The Balaban J connectivity index is 2.06. The Labute approximate surface area is 158 Å². The lowest BCUT2D eigenvalue weighted by atomic mass is 10.3. The van der Waals surface area contributed by atoms with Crippen LogP contribution in [0.3, 0.4) is 0 Å². The van der Waals surface area contributed by atoms with Crippen molar-refractivity contribution >= 4 is 47.3 Å². The van der Waals surface area contributed by atoms with E-state index >= 15 is 0 Å². The molecule has 0 aromatic carbocycles. The molecule has 1 saturated heterocycles. The van der Waals surface area contributed by atoms with Gasteiger partial charge < -0.3 is 16.0 Å². The largest absolute Gasteiger partial charge is 0.369 e. The molecule has 134 valence electrons. The molecule has 1 aliphatic rings. The van der Waals surface area contributed by atoms with Crippen molar-refractivity contribution in [2.24, 2.45) is 20.7 Å². The molecule has 0 bridgehead atoms. The molecule has 0 spiro atoms. The van der Waals surface area contributed by atoms with Crippen LogP contribution in [0.25, 0.3) is 5.57 Å². The highest BCUT2D eigenvalue weighted by atomic mass is 32.1. The summed E-state index contributed by atoms with van der Waals surface area (Å²) in [5.74, 6) is 1.42. The van der Waals surface area contributed by atoms with E-state index in [0.29, 0.717) is 16.8 Å². The molecule has 2 rings (SSSR count). The van der Waals surface area contributed by atoms with E-state index in [4.69, 9.17) is 5.73 Å². The average Bonchev–Trinajstić information content (AvgIpc) is 3.24. The zero-order chi connectivity index (χ0) is 18.2. The first-order valence-electron chi connectivity index (χ1n) is 8.03. The number of thiol groups is 1. The van der Waals surface area contributed by atoms with Crippen LogP contribution in [0.5, 0.6) is 0 Å². The van der Waals surface area contributed by atoms with Crippen molar-refractivity contribution in [3.63, 3.8) is 0 Å². The van der Waals surface area contributed by atoms with Gasteiger partial charge in [0.25, 0.3) is 0 Å². The van der Waals surface area contributed by atoms with Crippen LogP contribution in [-0.4, -0.2) is 35.7 Å². The van der Waals surface area contributed by atoms with Crippen LogP contribution in [0.1, 0.15) is 31.6 Å². The fourth-order valence-corrected chi connectivity index (χ4v) is 3.10. The second-order valence-corrected chi connectivity index (χ2v) is 7.11. The molecule has 0 unspecified atom stereocenters. The lowest BCUT2D eigenvalue weighted by Gasteiger charge is -2.16. The van der Waals surface area contributed by atoms with Gasteiger partial charge in [-0.05, 0) is 43.7 Å². The van der Waals surface area contributed by atoms with Crippen LogP contribution in [0.15, 0.2) is 50.3 Å². The van der Waals surface area contributed by atoms with Crippen molar-refractivity contribution in [3.05, 3.63) is 40.2 Å². The second-order valence-electron chi connectivity index (χ2n) is 5.65. The minimum Gasteiger partial charge on any atom is -0.369 e. The summed E-state index contributed by atoms with van der Waals surface area (Å²) in [5.41, 5.74) is 7.09. The molecule has 1 fully saturated rings. The number of rotatable bonds is 3. The quantitative estimate of drug-likeness (QED) is 0.430. The molecule has 6 nitrogen and oxygen atoms in total. The number of amidine groups is 1. The highest BCUT2D eigenvalue weighted by molar-refractivity contribution is 7.84. The molecule has 2 heterocycles. The van der Waals surface area contributed by atoms with Gasteiger partial charge in [0.2, 0.25) is 11.9 Å². The first kappa shape index (κ1) is 19.3. The van der Waals surface area contributed by atoms with Gasteiger partial charge in [0.05, 0.1) is 5.03 Å². The number of nitrogens with one attached hydrogen (secondary N) is 1. The zero-order valence-electron chi connectivity index (χ0n) is 14.6. The van der Waals surface area contributed by atoms with E-state index in [-0.39, 0.29) is 5.96 Å². The van der Waals surface area contributed by atoms with Crippen LogP contribution < -0.4 is 11.1 Å². The third-order valence-electron chi connectivity index (χ3n) is 3.51. The van der Waals surface area contributed by atoms with Crippen LogP contribution in [0.4, 0.5) is 0 Å². The van der Waals surface area contributed by atoms with Crippen molar-refractivity contribution in [1.82, 2.24) is 10.2 Å². The summed E-state index contributed by atoms with van der Waals surface area (Å²) in [6.07, 6.45) is 4.05. The van der Waals surface area contributed by atoms with Crippen molar-refractivity contribution in [3.8, 4) is 0 Å². The van der Waals surface area contributed by atoms with Gasteiger partial charge in [0, 0.05) is 24.2 Å². The summed E-state index contributed by atoms with van der Waals surface area (Å²) in [7, 11) is 0. The molecule has 1 aromatic rings. The standard InChI is InChI=1S/C17H24N6S2/c1-12(15-7-6-10-25-15)11-19-13(2)20-16(18)22-17(21-14(3)24)23-8-4-5-9-23/h6-7,10-11,24H,3-5,8-9H2,1-2H3,(H3,18,19,20,21,22)/b12-11+. The maximum Gasteiger partial charge on any atom is 0.229 e. The molecule has 0 atom stereocenters. The van der Waals surface area contributed by atoms with Crippen LogP contribution >= 0.6 is 24.0 Å². The molecule has 3 N–H and O–H groups in total. The molecule has 0 amide bonds. The summed E-state index contributed by atoms with van der Waals surface area (Å²) < 4.78 is 0. The number of thiophene rings is 1. The monoisotopic (exact) mass is 376 g/mol. The molecule has 0 aliphatic carbocycles. The summed E-state index contributed by atoms with van der Waals surface area (Å²) in [4.78, 5) is 16.3. The van der Waals surface area contributed by atoms with Gasteiger partial charge in [-0.15, -0.1) is 24.0 Å². The Morgan fingerprint density at radius 3 is 2.68 bits per heavy atom. The van der Waals surface area contributed by atoms with Crippen molar-refractivity contribution in [2.75, 3.05) is 13.1 Å². The lowest BCUT2D eigenvalue weighted by Crippen LogP contribution is -2.38. The van der Waals surface area contributed by atoms with Crippen molar-refractivity contribution in [2.45, 2.75) is 26.7 Å². The number of guanidine groups is 2. The number of likely N-dealkylation sites (tertiary alicyclic amines) is 1. The zero-order valence-corrected chi connectivity index (χ0v) is 16.3. The fraction of sp³-hybridized carbons (Fsp3) is 0.353. The molecule has 1 aromatic heterocycles. The van der Waals surface area contributed by atoms with Gasteiger partial charge in [-0.1, -0.05) is 12.6 Å². The van der Waals surface area contributed by atoms with E-state index in [9.17, 15) is 0 Å². The SMILES string of the molecule is C=C(S)N=C(N=C(N)NC(C)=N/C=C(\C)c1cccs1)N1CCCC1. The molecule has 25 heavy (non-hydrogen) atoms.